The van der Waals surface area contributed by atoms with Crippen molar-refractivity contribution < 1.29 is 4.42 Å². The highest BCUT2D eigenvalue weighted by atomic mass is 16.3. The summed E-state index contributed by atoms with van der Waals surface area (Å²) in [6.45, 7) is 5.65. The van der Waals surface area contributed by atoms with Crippen molar-refractivity contribution in [3.63, 3.8) is 0 Å². The van der Waals surface area contributed by atoms with Crippen molar-refractivity contribution in [1.29, 1.82) is 0 Å². The number of furan rings is 1. The highest BCUT2D eigenvalue weighted by Gasteiger charge is 2.25. The van der Waals surface area contributed by atoms with E-state index in [2.05, 4.69) is 25.2 Å². The molecule has 1 aromatic heterocycles. The average molecular weight is 193 g/mol. The van der Waals surface area contributed by atoms with E-state index in [4.69, 9.17) is 4.42 Å². The van der Waals surface area contributed by atoms with Gasteiger partial charge in [0, 0.05) is 19.0 Å². The minimum absolute atomic E-state index is 0.292. The van der Waals surface area contributed by atoms with Gasteiger partial charge in [-0.15, -0.1) is 0 Å². The number of hydrogen-bond acceptors (Lipinski definition) is 2. The van der Waals surface area contributed by atoms with E-state index in [1.165, 1.54) is 12.8 Å². The lowest BCUT2D eigenvalue weighted by atomic mass is 9.88. The van der Waals surface area contributed by atoms with Gasteiger partial charge >= 0.3 is 0 Å². The first kappa shape index (κ1) is 9.78. The molecule has 2 nitrogen and oxygen atoms in total. The van der Waals surface area contributed by atoms with Crippen LogP contribution < -0.4 is 5.32 Å². The van der Waals surface area contributed by atoms with Gasteiger partial charge in [0.05, 0.1) is 6.26 Å². The normalized spacial score (nSPS) is 17.3. The molecule has 1 aliphatic rings. The summed E-state index contributed by atoms with van der Waals surface area (Å²) in [6.07, 6.45) is 5.48. The SMILES string of the molecule is CC(C)(CNC1CC1)Cc1ccco1. The fraction of sp³-hybridized carbons (Fsp3) is 0.667. The molecule has 78 valence electrons. The Bertz CT molecular complexity index is 273. The Morgan fingerprint density at radius 2 is 2.29 bits per heavy atom. The molecule has 0 spiro atoms. The molecule has 1 fully saturated rings. The van der Waals surface area contributed by atoms with Crippen LogP contribution in [0.2, 0.25) is 0 Å². The smallest absolute Gasteiger partial charge is 0.104 e. The summed E-state index contributed by atoms with van der Waals surface area (Å²) >= 11 is 0. The zero-order chi connectivity index (χ0) is 10.0. The van der Waals surface area contributed by atoms with Crippen LogP contribution in [0.4, 0.5) is 0 Å². The zero-order valence-electron chi connectivity index (χ0n) is 9.05. The molecule has 0 radical (unpaired) electrons. The average Bonchev–Trinajstić information content (AvgIpc) is 2.82. The second kappa shape index (κ2) is 3.77. The van der Waals surface area contributed by atoms with Crippen LogP contribution >= 0.6 is 0 Å². The van der Waals surface area contributed by atoms with E-state index in [0.717, 1.165) is 24.8 Å². The molecule has 2 heteroatoms. The molecule has 0 aliphatic heterocycles. The van der Waals surface area contributed by atoms with Crippen molar-refractivity contribution >= 4 is 0 Å². The zero-order valence-corrected chi connectivity index (χ0v) is 9.05. The summed E-state index contributed by atoms with van der Waals surface area (Å²) in [5.41, 5.74) is 0.292. The molecule has 0 aromatic carbocycles. The summed E-state index contributed by atoms with van der Waals surface area (Å²) in [4.78, 5) is 0. The van der Waals surface area contributed by atoms with Gasteiger partial charge in [-0.2, -0.15) is 0 Å². The van der Waals surface area contributed by atoms with Gasteiger partial charge in [-0.25, -0.2) is 0 Å². The largest absolute Gasteiger partial charge is 0.469 e. The fourth-order valence-electron chi connectivity index (χ4n) is 1.66. The first-order chi connectivity index (χ1) is 6.66. The van der Waals surface area contributed by atoms with E-state index in [1.54, 1.807) is 6.26 Å². The lowest BCUT2D eigenvalue weighted by molar-refractivity contribution is 0.309. The molecule has 0 saturated heterocycles. The van der Waals surface area contributed by atoms with Crippen LogP contribution in [-0.2, 0) is 6.42 Å². The van der Waals surface area contributed by atoms with Crippen LogP contribution in [0.1, 0.15) is 32.4 Å². The quantitative estimate of drug-likeness (QED) is 0.777. The molecule has 0 amide bonds. The van der Waals surface area contributed by atoms with Crippen molar-refractivity contribution in [1.82, 2.24) is 5.32 Å². The molecule has 2 rings (SSSR count). The molecular formula is C12H19NO. The Hall–Kier alpha value is -0.760. The van der Waals surface area contributed by atoms with Gasteiger partial charge in [-0.3, -0.25) is 0 Å². The topological polar surface area (TPSA) is 25.2 Å². The van der Waals surface area contributed by atoms with Crippen molar-refractivity contribution in [2.75, 3.05) is 6.54 Å². The van der Waals surface area contributed by atoms with Crippen LogP contribution in [0.3, 0.4) is 0 Å². The Morgan fingerprint density at radius 3 is 2.86 bits per heavy atom. The lowest BCUT2D eigenvalue weighted by Crippen LogP contribution is -2.32. The summed E-state index contributed by atoms with van der Waals surface area (Å²) in [5, 5.41) is 3.57. The minimum atomic E-state index is 0.292. The second-order valence-corrected chi connectivity index (χ2v) is 5.08. The molecule has 14 heavy (non-hydrogen) atoms. The molecule has 0 unspecified atom stereocenters. The predicted octanol–water partition coefficient (Wildman–Crippen LogP) is 2.60. The summed E-state index contributed by atoms with van der Waals surface area (Å²) < 4.78 is 5.36. The van der Waals surface area contributed by atoms with E-state index in [-0.39, 0.29) is 0 Å². The molecule has 0 atom stereocenters. The van der Waals surface area contributed by atoms with Crippen LogP contribution in [-0.4, -0.2) is 12.6 Å². The van der Waals surface area contributed by atoms with Gasteiger partial charge in [-0.1, -0.05) is 13.8 Å². The van der Waals surface area contributed by atoms with E-state index in [1.807, 2.05) is 6.07 Å². The lowest BCUT2D eigenvalue weighted by Gasteiger charge is -2.23. The molecule has 1 N–H and O–H groups in total. The second-order valence-electron chi connectivity index (χ2n) is 5.08. The molecule has 1 heterocycles. The first-order valence-corrected chi connectivity index (χ1v) is 5.41. The standard InChI is InChI=1S/C12H19NO/c1-12(2,9-13-10-5-6-10)8-11-4-3-7-14-11/h3-4,7,10,13H,5-6,8-9H2,1-2H3. The molecular weight excluding hydrogens is 174 g/mol. The Balaban J connectivity index is 1.81. The number of hydrogen-bond donors (Lipinski definition) is 1. The van der Waals surface area contributed by atoms with Crippen LogP contribution in [0.5, 0.6) is 0 Å². The minimum Gasteiger partial charge on any atom is -0.469 e. The third-order valence-electron chi connectivity index (χ3n) is 2.68. The maximum Gasteiger partial charge on any atom is 0.104 e. The van der Waals surface area contributed by atoms with E-state index in [9.17, 15) is 0 Å². The fourth-order valence-corrected chi connectivity index (χ4v) is 1.66. The van der Waals surface area contributed by atoms with Crippen LogP contribution in [0.25, 0.3) is 0 Å². The number of rotatable bonds is 5. The molecule has 1 saturated carbocycles. The highest BCUT2D eigenvalue weighted by molar-refractivity contribution is 5.01. The van der Waals surface area contributed by atoms with E-state index >= 15 is 0 Å². The van der Waals surface area contributed by atoms with Gasteiger partial charge < -0.3 is 9.73 Å². The van der Waals surface area contributed by atoms with Crippen molar-refractivity contribution in [2.45, 2.75) is 39.2 Å². The third-order valence-corrected chi connectivity index (χ3v) is 2.68. The van der Waals surface area contributed by atoms with E-state index in [0.29, 0.717) is 5.41 Å². The maximum atomic E-state index is 5.36. The third kappa shape index (κ3) is 2.88. The van der Waals surface area contributed by atoms with Crippen molar-refractivity contribution in [2.24, 2.45) is 5.41 Å². The maximum absolute atomic E-state index is 5.36. The Morgan fingerprint density at radius 1 is 1.50 bits per heavy atom. The van der Waals surface area contributed by atoms with Gasteiger partial charge in [0.25, 0.3) is 0 Å². The highest BCUT2D eigenvalue weighted by Crippen LogP contribution is 2.24. The van der Waals surface area contributed by atoms with Crippen molar-refractivity contribution in [3.8, 4) is 0 Å². The van der Waals surface area contributed by atoms with E-state index < -0.39 is 0 Å². The van der Waals surface area contributed by atoms with Gasteiger partial charge in [0.15, 0.2) is 0 Å². The predicted molar refractivity (Wildman–Crippen MR) is 57.2 cm³/mol. The Kier molecular flexibility index (Phi) is 2.64. The van der Waals surface area contributed by atoms with Gasteiger partial charge in [0.1, 0.15) is 5.76 Å². The molecule has 0 bridgehead atoms. The summed E-state index contributed by atoms with van der Waals surface area (Å²) in [7, 11) is 0. The van der Waals surface area contributed by atoms with Crippen LogP contribution in [0.15, 0.2) is 22.8 Å². The summed E-state index contributed by atoms with van der Waals surface area (Å²) in [6, 6.07) is 4.81. The molecule has 1 aliphatic carbocycles. The van der Waals surface area contributed by atoms with Gasteiger partial charge in [0.2, 0.25) is 0 Å². The van der Waals surface area contributed by atoms with Crippen LogP contribution in [0, 0.1) is 5.41 Å². The van der Waals surface area contributed by atoms with Crippen molar-refractivity contribution in [3.05, 3.63) is 24.2 Å². The molecule has 1 aromatic rings. The monoisotopic (exact) mass is 193 g/mol. The number of nitrogens with one attached hydrogen (secondary N) is 1. The van der Waals surface area contributed by atoms with Gasteiger partial charge in [-0.05, 0) is 30.4 Å². The Labute approximate surface area is 85.7 Å². The summed E-state index contributed by atoms with van der Waals surface area (Å²) in [5.74, 6) is 1.09. The first-order valence-electron chi connectivity index (χ1n) is 5.41.